The Labute approximate surface area is 117 Å². The summed E-state index contributed by atoms with van der Waals surface area (Å²) in [7, 11) is 1.21. The SMILES string of the molecule is COC(=O)CC(=O)c1ccc(F)cc1.[Ar]. The number of benzene rings is 1. The maximum atomic E-state index is 12.5. The van der Waals surface area contributed by atoms with Gasteiger partial charge in [-0.25, -0.2) is 4.39 Å². The number of rotatable bonds is 3. The van der Waals surface area contributed by atoms with Gasteiger partial charge in [0.2, 0.25) is 0 Å². The molecule has 0 aliphatic carbocycles. The second kappa shape index (κ2) is 6.93. The van der Waals surface area contributed by atoms with Gasteiger partial charge in [0.1, 0.15) is 12.2 Å². The van der Waals surface area contributed by atoms with Crippen molar-refractivity contribution in [3.05, 3.63) is 35.6 Å². The first-order chi connectivity index (χ1) is 6.63. The molecular weight excluding hydrogens is 227 g/mol. The molecule has 0 amide bonds. The van der Waals surface area contributed by atoms with Crippen molar-refractivity contribution in [2.24, 2.45) is 0 Å². The van der Waals surface area contributed by atoms with E-state index in [0.717, 1.165) is 0 Å². The van der Waals surface area contributed by atoms with E-state index in [1.54, 1.807) is 0 Å². The molecule has 0 saturated carbocycles. The number of halogens is 1. The molecule has 0 aliphatic heterocycles. The van der Waals surface area contributed by atoms with E-state index < -0.39 is 11.8 Å². The van der Waals surface area contributed by atoms with E-state index in [0.29, 0.717) is 5.56 Å². The minimum Gasteiger partial charge on any atom is -0.469 e. The van der Waals surface area contributed by atoms with E-state index >= 15 is 0 Å². The van der Waals surface area contributed by atoms with Crippen molar-refractivity contribution in [2.75, 3.05) is 7.11 Å². The zero-order chi connectivity index (χ0) is 10.6. The topological polar surface area (TPSA) is 43.4 Å². The van der Waals surface area contributed by atoms with Crippen LogP contribution in [0.1, 0.15) is 16.8 Å². The Hall–Kier alpha value is -0.450. The molecule has 15 heavy (non-hydrogen) atoms. The summed E-state index contributed by atoms with van der Waals surface area (Å²) in [5.74, 6) is -1.39. The van der Waals surface area contributed by atoms with Crippen molar-refractivity contribution in [3.63, 3.8) is 0 Å². The van der Waals surface area contributed by atoms with Gasteiger partial charge in [0, 0.05) is 43.3 Å². The van der Waals surface area contributed by atoms with Crippen LogP contribution >= 0.6 is 0 Å². The van der Waals surface area contributed by atoms with Crippen molar-refractivity contribution in [3.8, 4) is 0 Å². The van der Waals surface area contributed by atoms with Gasteiger partial charge in [0.15, 0.2) is 5.78 Å². The van der Waals surface area contributed by atoms with Crippen LogP contribution in [-0.4, -0.2) is 18.9 Å². The summed E-state index contributed by atoms with van der Waals surface area (Å²) in [6, 6.07) is 5.01. The summed E-state index contributed by atoms with van der Waals surface area (Å²) in [5, 5.41) is 0. The second-order valence-electron chi connectivity index (χ2n) is 2.68. The van der Waals surface area contributed by atoms with Crippen LogP contribution in [0.5, 0.6) is 0 Å². The molecule has 0 N–H and O–H groups in total. The molecular formula is C10H9ArFO3. The molecule has 0 unspecified atom stereocenters. The maximum Gasteiger partial charge on any atom is 0.313 e. The van der Waals surface area contributed by atoms with Gasteiger partial charge in [-0.1, -0.05) is 0 Å². The Morgan fingerprint density at radius 1 is 1.27 bits per heavy atom. The van der Waals surface area contributed by atoms with Gasteiger partial charge in [-0.05, 0) is 24.3 Å². The molecule has 1 aromatic rings. The predicted molar refractivity (Wildman–Crippen MR) is 47.4 cm³/mol. The molecule has 0 bridgehead atoms. The average molecular weight is 236 g/mol. The van der Waals surface area contributed by atoms with E-state index in [4.69, 9.17) is 0 Å². The Balaban J connectivity index is 0.00000196. The van der Waals surface area contributed by atoms with E-state index in [1.165, 1.54) is 31.4 Å². The minimum absolute atomic E-state index is 0. The number of carbonyl (C=O) groups is 2. The van der Waals surface area contributed by atoms with Crippen molar-refractivity contribution in [1.82, 2.24) is 0 Å². The number of esters is 1. The Bertz CT molecular complexity index is 348. The van der Waals surface area contributed by atoms with Crippen LogP contribution in [0.2, 0.25) is 0 Å². The average Bonchev–Trinajstić information content (AvgIpc) is 2.18. The third-order valence-electron chi connectivity index (χ3n) is 1.70. The van der Waals surface area contributed by atoms with E-state index in [-0.39, 0.29) is 49.9 Å². The van der Waals surface area contributed by atoms with Gasteiger partial charge < -0.3 is 4.74 Å². The zero-order valence-electron chi connectivity index (χ0n) is 7.97. The van der Waals surface area contributed by atoms with Gasteiger partial charge in [-0.15, -0.1) is 0 Å². The number of carbonyl (C=O) groups excluding carboxylic acids is 2. The van der Waals surface area contributed by atoms with Gasteiger partial charge in [-0.3, -0.25) is 9.59 Å². The molecule has 0 aliphatic rings. The van der Waals surface area contributed by atoms with E-state index in [1.807, 2.05) is 0 Å². The van der Waals surface area contributed by atoms with Gasteiger partial charge in [0.05, 0.1) is 7.11 Å². The largest absolute Gasteiger partial charge is 0.469 e. The maximum absolute atomic E-state index is 12.5. The molecule has 1 rings (SSSR count). The standard InChI is InChI=1S/C10H9FO3.Ar/c1-14-10(13)6-9(12)7-2-4-8(11)5-3-7;/h2-5H,6H2,1H3;. The van der Waals surface area contributed by atoms with Crippen molar-refractivity contribution < 1.29 is 56.5 Å². The van der Waals surface area contributed by atoms with Gasteiger partial charge in [-0.2, -0.15) is 0 Å². The van der Waals surface area contributed by atoms with E-state index in [9.17, 15) is 14.0 Å². The molecule has 0 radical (unpaired) electrons. The predicted octanol–water partition coefficient (Wildman–Crippen LogP) is 1.57. The number of Topliss-reactive ketones (excluding diaryl/α,β-unsaturated/α-hetero) is 1. The number of methoxy groups -OCH3 is 1. The molecule has 0 heterocycles. The minimum atomic E-state index is -0.598. The summed E-state index contributed by atoms with van der Waals surface area (Å²) >= 11 is 0. The molecule has 0 spiro atoms. The van der Waals surface area contributed by atoms with Crippen LogP contribution < -0.4 is 0 Å². The molecule has 0 fully saturated rings. The molecule has 0 saturated heterocycles. The number of hydrogen-bond acceptors (Lipinski definition) is 3. The Morgan fingerprint density at radius 2 is 1.80 bits per heavy atom. The van der Waals surface area contributed by atoms with Crippen molar-refractivity contribution >= 4 is 11.8 Å². The Morgan fingerprint density at radius 3 is 2.27 bits per heavy atom. The second-order valence-corrected chi connectivity index (χ2v) is 2.68. The van der Waals surface area contributed by atoms with Gasteiger partial charge in [0.25, 0.3) is 0 Å². The number of hydrogen-bond donors (Lipinski definition) is 0. The number of ketones is 1. The third-order valence-corrected chi connectivity index (χ3v) is 1.70. The molecule has 3 nitrogen and oxygen atoms in total. The summed E-state index contributed by atoms with van der Waals surface area (Å²) in [4.78, 5) is 22.0. The van der Waals surface area contributed by atoms with Crippen molar-refractivity contribution in [1.29, 1.82) is 0 Å². The fourth-order valence-electron chi connectivity index (χ4n) is 0.941. The van der Waals surface area contributed by atoms with Crippen molar-refractivity contribution in [2.45, 2.75) is 6.42 Å². The first kappa shape index (κ1) is 14.5. The van der Waals surface area contributed by atoms with E-state index in [2.05, 4.69) is 4.74 Å². The quantitative estimate of drug-likeness (QED) is 0.454. The number of ether oxygens (including phenoxy) is 1. The summed E-state index contributed by atoms with van der Waals surface area (Å²) in [5.41, 5.74) is 0.303. The van der Waals surface area contributed by atoms with Crippen LogP contribution in [-0.2, 0) is 9.53 Å². The van der Waals surface area contributed by atoms with Crippen LogP contribution in [0.25, 0.3) is 0 Å². The zero-order valence-corrected chi connectivity index (χ0v) is 8.68. The monoisotopic (exact) mass is 236 g/mol. The summed E-state index contributed by atoms with van der Waals surface area (Å²) in [6.45, 7) is 0. The van der Waals surface area contributed by atoms with Crippen LogP contribution in [0, 0.1) is 43.6 Å². The molecule has 1 aromatic carbocycles. The molecule has 82 valence electrons. The smallest absolute Gasteiger partial charge is 0.313 e. The third kappa shape index (κ3) is 4.73. The summed E-state index contributed by atoms with van der Waals surface area (Å²) < 4.78 is 16.8. The Kier molecular flexibility index (Phi) is 6.72. The molecule has 0 aromatic heterocycles. The fourth-order valence-corrected chi connectivity index (χ4v) is 0.941. The molecule has 5 heteroatoms. The van der Waals surface area contributed by atoms with Crippen LogP contribution in [0.4, 0.5) is 4.39 Å². The van der Waals surface area contributed by atoms with Gasteiger partial charge >= 0.3 is 5.97 Å². The van der Waals surface area contributed by atoms with Crippen LogP contribution in [0.15, 0.2) is 24.3 Å². The molecule has 0 atom stereocenters. The summed E-state index contributed by atoms with van der Waals surface area (Å²) in [6.07, 6.45) is -0.317. The van der Waals surface area contributed by atoms with Crippen LogP contribution in [0.3, 0.4) is 0 Å². The first-order valence-corrected chi connectivity index (χ1v) is 3.99. The first-order valence-electron chi connectivity index (χ1n) is 3.99. The fraction of sp³-hybridized carbons (Fsp3) is 0.200. The normalized spacial score (nSPS) is 8.93.